The lowest BCUT2D eigenvalue weighted by Crippen LogP contribution is -2.37. The Hall–Kier alpha value is -1.81. The van der Waals surface area contributed by atoms with Crippen LogP contribution in [0.25, 0.3) is 0 Å². The molecule has 0 atom stereocenters. The molecule has 3 nitrogen and oxygen atoms in total. The van der Waals surface area contributed by atoms with E-state index in [-0.39, 0.29) is 5.91 Å². The van der Waals surface area contributed by atoms with Crippen molar-refractivity contribution in [2.45, 2.75) is 13.0 Å². The van der Waals surface area contributed by atoms with E-state index in [2.05, 4.69) is 15.9 Å². The first-order chi connectivity index (χ1) is 10.2. The topological polar surface area (TPSA) is 29.5 Å². The third-order valence-corrected chi connectivity index (χ3v) is 4.45. The van der Waals surface area contributed by atoms with E-state index in [1.807, 2.05) is 47.4 Å². The number of nitrogens with zero attached hydrogens (tertiary/aromatic N) is 1. The number of carbonyl (C=O) groups excluding carboxylic acids is 1. The maximum Gasteiger partial charge on any atom is 0.255 e. The van der Waals surface area contributed by atoms with E-state index in [9.17, 15) is 4.79 Å². The van der Waals surface area contributed by atoms with Crippen LogP contribution in [0.15, 0.2) is 46.9 Å². The number of methoxy groups -OCH3 is 1. The van der Waals surface area contributed by atoms with Gasteiger partial charge in [0.2, 0.25) is 0 Å². The van der Waals surface area contributed by atoms with Gasteiger partial charge < -0.3 is 9.64 Å². The quantitative estimate of drug-likeness (QED) is 0.849. The van der Waals surface area contributed by atoms with E-state index in [4.69, 9.17) is 4.74 Å². The summed E-state index contributed by atoms with van der Waals surface area (Å²) in [4.78, 5) is 14.5. The van der Waals surface area contributed by atoms with Gasteiger partial charge in [-0.15, -0.1) is 0 Å². The Morgan fingerprint density at radius 2 is 1.95 bits per heavy atom. The number of amides is 1. The molecule has 0 saturated heterocycles. The van der Waals surface area contributed by atoms with E-state index in [0.717, 1.165) is 39.9 Å². The predicted molar refractivity (Wildman–Crippen MR) is 85.6 cm³/mol. The van der Waals surface area contributed by atoms with Crippen molar-refractivity contribution in [1.29, 1.82) is 0 Å². The normalized spacial score (nSPS) is 14.0. The SMILES string of the molecule is COc1ccc(CN2CCc3cccc(Br)c3C2=O)cc1. The first kappa shape index (κ1) is 14.1. The van der Waals surface area contributed by atoms with Gasteiger partial charge in [0.1, 0.15) is 5.75 Å². The summed E-state index contributed by atoms with van der Waals surface area (Å²) in [5, 5.41) is 0. The molecule has 0 aromatic heterocycles. The maximum atomic E-state index is 12.6. The van der Waals surface area contributed by atoms with Gasteiger partial charge in [0.05, 0.1) is 12.7 Å². The highest BCUT2D eigenvalue weighted by molar-refractivity contribution is 9.10. The van der Waals surface area contributed by atoms with Gasteiger partial charge in [-0.05, 0) is 51.7 Å². The maximum absolute atomic E-state index is 12.6. The lowest BCUT2D eigenvalue weighted by molar-refractivity contribution is 0.0726. The molecule has 0 radical (unpaired) electrons. The third kappa shape index (κ3) is 2.81. The first-order valence-electron chi connectivity index (χ1n) is 6.88. The molecular formula is C17H16BrNO2. The van der Waals surface area contributed by atoms with Gasteiger partial charge in [0, 0.05) is 17.6 Å². The van der Waals surface area contributed by atoms with Crippen LogP contribution in [-0.2, 0) is 13.0 Å². The minimum Gasteiger partial charge on any atom is -0.497 e. The summed E-state index contributed by atoms with van der Waals surface area (Å²) in [6.45, 7) is 1.39. The molecule has 1 aliphatic rings. The van der Waals surface area contributed by atoms with Crippen molar-refractivity contribution >= 4 is 21.8 Å². The average Bonchev–Trinajstić information content (AvgIpc) is 2.51. The van der Waals surface area contributed by atoms with Gasteiger partial charge >= 0.3 is 0 Å². The van der Waals surface area contributed by atoms with Crippen molar-refractivity contribution in [1.82, 2.24) is 4.90 Å². The second kappa shape index (κ2) is 5.90. The van der Waals surface area contributed by atoms with Crippen molar-refractivity contribution in [3.05, 3.63) is 63.6 Å². The summed E-state index contributed by atoms with van der Waals surface area (Å²) in [7, 11) is 1.65. The molecule has 0 aliphatic carbocycles. The summed E-state index contributed by atoms with van der Waals surface area (Å²) < 4.78 is 6.03. The van der Waals surface area contributed by atoms with Crippen LogP contribution in [0.1, 0.15) is 21.5 Å². The number of carbonyl (C=O) groups is 1. The highest BCUT2D eigenvalue weighted by Gasteiger charge is 2.26. The molecule has 0 spiro atoms. The van der Waals surface area contributed by atoms with Crippen LogP contribution in [0, 0.1) is 0 Å². The zero-order valence-electron chi connectivity index (χ0n) is 11.8. The Labute approximate surface area is 132 Å². The Kier molecular flexibility index (Phi) is 3.97. The van der Waals surface area contributed by atoms with Crippen molar-refractivity contribution in [2.24, 2.45) is 0 Å². The van der Waals surface area contributed by atoms with Gasteiger partial charge in [-0.1, -0.05) is 24.3 Å². The highest BCUT2D eigenvalue weighted by atomic mass is 79.9. The molecule has 1 aliphatic heterocycles. The second-order valence-electron chi connectivity index (χ2n) is 5.10. The zero-order valence-corrected chi connectivity index (χ0v) is 13.4. The van der Waals surface area contributed by atoms with Crippen molar-refractivity contribution in [2.75, 3.05) is 13.7 Å². The molecule has 2 aromatic rings. The third-order valence-electron chi connectivity index (χ3n) is 3.78. The molecule has 0 saturated carbocycles. The van der Waals surface area contributed by atoms with E-state index in [1.165, 1.54) is 0 Å². The Morgan fingerprint density at radius 1 is 1.19 bits per heavy atom. The van der Waals surface area contributed by atoms with Crippen LogP contribution >= 0.6 is 15.9 Å². The predicted octanol–water partition coefficient (Wildman–Crippen LogP) is 3.66. The molecule has 0 N–H and O–H groups in total. The fourth-order valence-corrected chi connectivity index (χ4v) is 3.21. The molecular weight excluding hydrogens is 330 g/mol. The summed E-state index contributed by atoms with van der Waals surface area (Å²) >= 11 is 3.49. The van der Waals surface area contributed by atoms with Crippen LogP contribution in [0.4, 0.5) is 0 Å². The number of benzene rings is 2. The molecule has 0 fully saturated rings. The van der Waals surface area contributed by atoms with E-state index in [1.54, 1.807) is 7.11 Å². The minimum atomic E-state index is 0.0968. The molecule has 1 amide bonds. The van der Waals surface area contributed by atoms with Gasteiger partial charge in [-0.2, -0.15) is 0 Å². The monoisotopic (exact) mass is 345 g/mol. The second-order valence-corrected chi connectivity index (χ2v) is 5.95. The van der Waals surface area contributed by atoms with Gasteiger partial charge in [-0.25, -0.2) is 0 Å². The Morgan fingerprint density at radius 3 is 2.67 bits per heavy atom. The lowest BCUT2D eigenvalue weighted by atomic mass is 9.98. The van der Waals surface area contributed by atoms with Crippen molar-refractivity contribution in [3.8, 4) is 5.75 Å². The standard InChI is InChI=1S/C17H16BrNO2/c1-21-14-7-5-12(6-8-14)11-19-10-9-13-3-2-4-15(18)16(13)17(19)20/h2-8H,9-11H2,1H3. The van der Waals surface area contributed by atoms with Crippen LogP contribution in [-0.4, -0.2) is 24.5 Å². The van der Waals surface area contributed by atoms with Crippen LogP contribution < -0.4 is 4.74 Å². The number of ether oxygens (including phenoxy) is 1. The smallest absolute Gasteiger partial charge is 0.255 e. The minimum absolute atomic E-state index is 0.0968. The molecule has 4 heteroatoms. The van der Waals surface area contributed by atoms with Gasteiger partial charge in [0.25, 0.3) is 5.91 Å². The number of hydrogen-bond acceptors (Lipinski definition) is 2. The fraction of sp³-hybridized carbons (Fsp3) is 0.235. The summed E-state index contributed by atoms with van der Waals surface area (Å²) in [5.74, 6) is 0.927. The van der Waals surface area contributed by atoms with Crippen LogP contribution in [0.3, 0.4) is 0 Å². The van der Waals surface area contributed by atoms with Crippen molar-refractivity contribution < 1.29 is 9.53 Å². The molecule has 3 rings (SSSR count). The molecule has 2 aromatic carbocycles. The Balaban J connectivity index is 1.81. The first-order valence-corrected chi connectivity index (χ1v) is 7.68. The number of fused-ring (bicyclic) bond motifs is 1. The summed E-state index contributed by atoms with van der Waals surface area (Å²) in [5.41, 5.74) is 3.04. The van der Waals surface area contributed by atoms with E-state index >= 15 is 0 Å². The van der Waals surface area contributed by atoms with Crippen LogP contribution in [0.2, 0.25) is 0 Å². The van der Waals surface area contributed by atoms with E-state index in [0.29, 0.717) is 6.54 Å². The molecule has 0 bridgehead atoms. The van der Waals surface area contributed by atoms with Crippen molar-refractivity contribution in [3.63, 3.8) is 0 Å². The molecule has 108 valence electrons. The number of hydrogen-bond donors (Lipinski definition) is 0. The number of halogens is 1. The number of rotatable bonds is 3. The zero-order chi connectivity index (χ0) is 14.8. The molecule has 21 heavy (non-hydrogen) atoms. The molecule has 0 unspecified atom stereocenters. The summed E-state index contributed by atoms with van der Waals surface area (Å²) in [6.07, 6.45) is 0.899. The highest BCUT2D eigenvalue weighted by Crippen LogP contribution is 2.27. The van der Waals surface area contributed by atoms with Gasteiger partial charge in [0.15, 0.2) is 0 Å². The molecule has 1 heterocycles. The largest absolute Gasteiger partial charge is 0.497 e. The lowest BCUT2D eigenvalue weighted by Gasteiger charge is -2.29. The Bertz CT molecular complexity index is 667. The van der Waals surface area contributed by atoms with E-state index < -0.39 is 0 Å². The average molecular weight is 346 g/mol. The summed E-state index contributed by atoms with van der Waals surface area (Å²) in [6, 6.07) is 13.8. The van der Waals surface area contributed by atoms with Gasteiger partial charge in [-0.3, -0.25) is 4.79 Å². The fourth-order valence-electron chi connectivity index (χ4n) is 2.63. The van der Waals surface area contributed by atoms with Crippen LogP contribution in [0.5, 0.6) is 5.75 Å².